The average molecular weight is 437 g/mol. The molecule has 1 aliphatic carbocycles. The van der Waals surface area contributed by atoms with Crippen LogP contribution in [0.5, 0.6) is 0 Å². The van der Waals surface area contributed by atoms with Crippen LogP contribution in [0.15, 0.2) is 9.95 Å². The molecule has 0 aromatic carbocycles. The number of alkyl halides is 1. The number of rotatable bonds is 1. The van der Waals surface area contributed by atoms with Crippen molar-refractivity contribution in [3.05, 3.63) is 20.8 Å². The van der Waals surface area contributed by atoms with Gasteiger partial charge in [0.15, 0.2) is 5.16 Å². The van der Waals surface area contributed by atoms with Crippen molar-refractivity contribution in [2.24, 2.45) is 0 Å². The van der Waals surface area contributed by atoms with Gasteiger partial charge in [-0.2, -0.15) is 0 Å². The van der Waals surface area contributed by atoms with Crippen molar-refractivity contribution in [3.8, 4) is 0 Å². The van der Waals surface area contributed by atoms with Crippen LogP contribution in [0.2, 0.25) is 0 Å². The number of thioether (sulfide) groups is 1. The molecule has 2 aromatic heterocycles. The summed E-state index contributed by atoms with van der Waals surface area (Å²) in [4.78, 5) is 19.8. The zero-order valence-electron chi connectivity index (χ0n) is 10.7. The maximum atomic E-state index is 12.7. The standard InChI is InChI=1S/C13H13BrN2OS2.BrH/c14-5-7-6-16-12(17)10-8-3-1-2-4-9(8)19-11(10)15-13(16)18-7;/h7H,1-6H2;1H/p-1. The fraction of sp³-hybridized carbons (Fsp3) is 0.538. The van der Waals surface area contributed by atoms with E-state index >= 15 is 0 Å². The lowest BCUT2D eigenvalue weighted by Crippen LogP contribution is -3.00. The largest absolute Gasteiger partial charge is 1.00 e. The first-order valence-corrected chi connectivity index (χ1v) is 9.37. The molecule has 0 saturated carbocycles. The molecule has 108 valence electrons. The molecule has 1 aliphatic heterocycles. The van der Waals surface area contributed by atoms with Crippen LogP contribution in [0, 0.1) is 0 Å². The zero-order valence-corrected chi connectivity index (χ0v) is 15.5. The summed E-state index contributed by atoms with van der Waals surface area (Å²) >= 11 is 6.97. The Morgan fingerprint density at radius 1 is 1.35 bits per heavy atom. The Morgan fingerprint density at radius 2 is 2.15 bits per heavy atom. The lowest BCUT2D eigenvalue weighted by molar-refractivity contribution is -0.00000363. The Morgan fingerprint density at radius 3 is 2.95 bits per heavy atom. The fourth-order valence-corrected chi connectivity index (χ4v) is 5.87. The second kappa shape index (κ2) is 5.74. The molecule has 3 nitrogen and oxygen atoms in total. The molecule has 0 saturated heterocycles. The topological polar surface area (TPSA) is 34.9 Å². The normalized spacial score (nSPS) is 20.6. The highest BCUT2D eigenvalue weighted by molar-refractivity contribution is 9.09. The Hall–Kier alpha value is 0.150. The molecule has 20 heavy (non-hydrogen) atoms. The van der Waals surface area contributed by atoms with E-state index in [9.17, 15) is 4.79 Å². The van der Waals surface area contributed by atoms with E-state index in [2.05, 4.69) is 15.9 Å². The van der Waals surface area contributed by atoms with Crippen LogP contribution in [0.25, 0.3) is 10.2 Å². The molecule has 0 fully saturated rings. The first-order valence-electron chi connectivity index (χ1n) is 6.55. The summed E-state index contributed by atoms with van der Waals surface area (Å²) in [6.07, 6.45) is 4.64. The van der Waals surface area contributed by atoms with Crippen molar-refractivity contribution in [1.29, 1.82) is 0 Å². The van der Waals surface area contributed by atoms with Gasteiger partial charge in [0.1, 0.15) is 4.83 Å². The molecule has 2 aliphatic rings. The molecular weight excluding hydrogens is 424 g/mol. The van der Waals surface area contributed by atoms with Gasteiger partial charge in [-0.3, -0.25) is 9.36 Å². The third-order valence-corrected chi connectivity index (χ3v) is 7.44. The number of fused-ring (bicyclic) bond motifs is 4. The van der Waals surface area contributed by atoms with E-state index in [-0.39, 0.29) is 22.5 Å². The summed E-state index contributed by atoms with van der Waals surface area (Å²) in [6.45, 7) is 0.789. The van der Waals surface area contributed by atoms with E-state index in [0.29, 0.717) is 5.25 Å². The van der Waals surface area contributed by atoms with Gasteiger partial charge in [0.25, 0.3) is 5.56 Å². The minimum absolute atomic E-state index is 0. The lowest BCUT2D eigenvalue weighted by Gasteiger charge is -2.10. The molecule has 0 radical (unpaired) electrons. The van der Waals surface area contributed by atoms with Crippen LogP contribution in [-0.4, -0.2) is 20.1 Å². The second-order valence-electron chi connectivity index (χ2n) is 5.10. The number of aromatic nitrogens is 2. The number of thiophene rings is 1. The van der Waals surface area contributed by atoms with Crippen LogP contribution >= 0.6 is 39.0 Å². The van der Waals surface area contributed by atoms with Crippen molar-refractivity contribution >= 4 is 49.2 Å². The third-order valence-electron chi connectivity index (χ3n) is 3.87. The Kier molecular flexibility index (Phi) is 4.32. The minimum atomic E-state index is 0. The highest BCUT2D eigenvalue weighted by atomic mass is 79.9. The minimum Gasteiger partial charge on any atom is -1.00 e. The quantitative estimate of drug-likeness (QED) is 0.473. The van der Waals surface area contributed by atoms with Gasteiger partial charge in [-0.15, -0.1) is 11.3 Å². The summed E-state index contributed by atoms with van der Waals surface area (Å²) in [6, 6.07) is 0. The molecule has 3 heterocycles. The van der Waals surface area contributed by atoms with Crippen molar-refractivity contribution in [2.75, 3.05) is 5.33 Å². The van der Waals surface area contributed by atoms with Crippen molar-refractivity contribution in [3.63, 3.8) is 0 Å². The third kappa shape index (κ3) is 2.21. The first kappa shape index (κ1) is 15.1. The number of nitrogens with zero attached hydrogens (tertiary/aromatic N) is 2. The van der Waals surface area contributed by atoms with Crippen LogP contribution in [0.1, 0.15) is 23.3 Å². The predicted octanol–water partition coefficient (Wildman–Crippen LogP) is 0.210. The molecule has 0 bridgehead atoms. The van der Waals surface area contributed by atoms with Crippen LogP contribution < -0.4 is 22.5 Å². The summed E-state index contributed by atoms with van der Waals surface area (Å²) in [5.74, 6) is 0. The van der Waals surface area contributed by atoms with Crippen molar-refractivity contribution in [2.45, 2.75) is 42.6 Å². The Bertz CT molecular complexity index is 725. The number of aryl methyl sites for hydroxylation is 2. The second-order valence-corrected chi connectivity index (χ2v) is 8.09. The van der Waals surface area contributed by atoms with Crippen molar-refractivity contribution < 1.29 is 17.0 Å². The SMILES string of the molecule is O=c1c2c3c(sc2nc2n1CC(CBr)S2)CCCC3.[Br-]. The summed E-state index contributed by atoms with van der Waals surface area (Å²) in [7, 11) is 0. The van der Waals surface area contributed by atoms with Gasteiger partial charge in [0.05, 0.1) is 5.39 Å². The highest BCUT2D eigenvalue weighted by Crippen LogP contribution is 2.37. The predicted molar refractivity (Wildman–Crippen MR) is 84.0 cm³/mol. The molecule has 0 spiro atoms. The number of halogens is 2. The smallest absolute Gasteiger partial charge is 0.263 e. The molecule has 2 aromatic rings. The average Bonchev–Trinajstić information content (AvgIpc) is 2.99. The highest BCUT2D eigenvalue weighted by Gasteiger charge is 2.28. The van der Waals surface area contributed by atoms with Crippen LogP contribution in [-0.2, 0) is 19.4 Å². The van der Waals surface area contributed by atoms with E-state index in [4.69, 9.17) is 4.98 Å². The Labute approximate surface area is 144 Å². The lowest BCUT2D eigenvalue weighted by atomic mass is 9.97. The summed E-state index contributed by atoms with van der Waals surface area (Å²) in [5, 5.41) is 3.17. The molecule has 4 rings (SSSR count). The number of hydrogen-bond donors (Lipinski definition) is 0. The molecule has 1 unspecified atom stereocenters. The molecule has 7 heteroatoms. The number of hydrogen-bond acceptors (Lipinski definition) is 4. The molecule has 0 amide bonds. The van der Waals surface area contributed by atoms with E-state index < -0.39 is 0 Å². The maximum absolute atomic E-state index is 12.7. The molecular formula is C13H13Br2N2OS2-. The summed E-state index contributed by atoms with van der Waals surface area (Å²) < 4.78 is 1.88. The van der Waals surface area contributed by atoms with Crippen molar-refractivity contribution in [1.82, 2.24) is 9.55 Å². The van der Waals surface area contributed by atoms with Crippen LogP contribution in [0.4, 0.5) is 0 Å². The van der Waals surface area contributed by atoms with Gasteiger partial charge in [-0.05, 0) is 31.2 Å². The first-order chi connectivity index (χ1) is 9.28. The van der Waals surface area contributed by atoms with Gasteiger partial charge >= 0.3 is 0 Å². The Balaban J connectivity index is 0.00000121. The molecule has 1 atom stereocenters. The van der Waals surface area contributed by atoms with E-state index in [1.807, 2.05) is 4.57 Å². The van der Waals surface area contributed by atoms with Gasteiger partial charge < -0.3 is 17.0 Å². The van der Waals surface area contributed by atoms with Crippen LogP contribution in [0.3, 0.4) is 0 Å². The summed E-state index contributed by atoms with van der Waals surface area (Å²) in [5.41, 5.74) is 1.49. The van der Waals surface area contributed by atoms with Gasteiger partial charge in [-0.1, -0.05) is 27.7 Å². The van der Waals surface area contributed by atoms with Gasteiger partial charge in [0, 0.05) is 22.0 Å². The zero-order chi connectivity index (χ0) is 13.0. The van der Waals surface area contributed by atoms with Gasteiger partial charge in [-0.25, -0.2) is 4.98 Å². The van der Waals surface area contributed by atoms with E-state index in [1.54, 1.807) is 23.1 Å². The van der Waals surface area contributed by atoms with Gasteiger partial charge in [0.2, 0.25) is 0 Å². The monoisotopic (exact) mass is 435 g/mol. The maximum Gasteiger partial charge on any atom is 0.263 e. The van der Waals surface area contributed by atoms with E-state index in [1.165, 1.54) is 23.3 Å². The molecule has 0 N–H and O–H groups in total. The van der Waals surface area contributed by atoms with E-state index in [0.717, 1.165) is 40.1 Å². The fourth-order valence-electron chi connectivity index (χ4n) is 2.94.